The van der Waals surface area contributed by atoms with E-state index < -0.39 is 0 Å². The molecule has 1 fully saturated rings. The molecule has 1 aromatic carbocycles. The molecule has 2 rings (SSSR count). The molecular formula is C12H16ClNO2. The van der Waals surface area contributed by atoms with Gasteiger partial charge in [0.15, 0.2) is 11.5 Å². The van der Waals surface area contributed by atoms with E-state index in [-0.39, 0.29) is 5.60 Å². The first-order valence-corrected chi connectivity index (χ1v) is 5.83. The highest BCUT2D eigenvalue weighted by molar-refractivity contribution is 6.30. The standard InChI is InChI=1S/C12H16ClNO2/c1-3-15-10-5-4-9(13)6-11(10)16-12(2)7-14-8-12/h4-6,14H,3,7-8H2,1-2H3. The zero-order valence-electron chi connectivity index (χ0n) is 9.55. The van der Waals surface area contributed by atoms with Crippen molar-refractivity contribution >= 4 is 11.6 Å². The predicted octanol–water partition coefficient (Wildman–Crippen LogP) is 2.48. The second kappa shape index (κ2) is 4.52. The number of ether oxygens (including phenoxy) is 2. The van der Waals surface area contributed by atoms with Crippen LogP contribution < -0.4 is 14.8 Å². The van der Waals surface area contributed by atoms with Crippen molar-refractivity contribution in [3.8, 4) is 11.5 Å². The molecule has 0 spiro atoms. The largest absolute Gasteiger partial charge is 0.490 e. The summed E-state index contributed by atoms with van der Waals surface area (Å²) >= 11 is 5.96. The van der Waals surface area contributed by atoms with Gasteiger partial charge in [0, 0.05) is 24.2 Å². The minimum Gasteiger partial charge on any atom is -0.490 e. The van der Waals surface area contributed by atoms with Crippen molar-refractivity contribution in [1.29, 1.82) is 0 Å². The molecule has 16 heavy (non-hydrogen) atoms. The van der Waals surface area contributed by atoms with Crippen LogP contribution in [0.25, 0.3) is 0 Å². The van der Waals surface area contributed by atoms with E-state index in [2.05, 4.69) is 12.2 Å². The highest BCUT2D eigenvalue weighted by Crippen LogP contribution is 2.34. The van der Waals surface area contributed by atoms with Gasteiger partial charge in [-0.05, 0) is 26.0 Å². The van der Waals surface area contributed by atoms with E-state index in [4.69, 9.17) is 21.1 Å². The lowest BCUT2D eigenvalue weighted by Gasteiger charge is -2.39. The molecule has 0 amide bonds. The molecule has 1 heterocycles. The van der Waals surface area contributed by atoms with Gasteiger partial charge >= 0.3 is 0 Å². The van der Waals surface area contributed by atoms with Crippen LogP contribution in [-0.2, 0) is 0 Å². The third-order valence-electron chi connectivity index (χ3n) is 2.56. The summed E-state index contributed by atoms with van der Waals surface area (Å²) in [5.41, 5.74) is -0.142. The third-order valence-corrected chi connectivity index (χ3v) is 2.79. The van der Waals surface area contributed by atoms with Crippen LogP contribution in [0.1, 0.15) is 13.8 Å². The van der Waals surface area contributed by atoms with Crippen LogP contribution in [-0.4, -0.2) is 25.3 Å². The van der Waals surface area contributed by atoms with Gasteiger partial charge in [0.1, 0.15) is 5.60 Å². The van der Waals surface area contributed by atoms with Crippen LogP contribution in [0.2, 0.25) is 5.02 Å². The predicted molar refractivity (Wildman–Crippen MR) is 64.5 cm³/mol. The summed E-state index contributed by atoms with van der Waals surface area (Å²) in [7, 11) is 0. The topological polar surface area (TPSA) is 30.5 Å². The number of benzene rings is 1. The Morgan fingerprint density at radius 2 is 2.12 bits per heavy atom. The second-order valence-electron chi connectivity index (χ2n) is 4.18. The summed E-state index contributed by atoms with van der Waals surface area (Å²) in [6.07, 6.45) is 0. The lowest BCUT2D eigenvalue weighted by molar-refractivity contribution is 0.0319. The van der Waals surface area contributed by atoms with Crippen molar-refractivity contribution in [2.75, 3.05) is 19.7 Å². The first-order valence-electron chi connectivity index (χ1n) is 5.45. The van der Waals surface area contributed by atoms with Gasteiger partial charge in [-0.1, -0.05) is 11.6 Å². The number of rotatable bonds is 4. The molecule has 0 atom stereocenters. The SMILES string of the molecule is CCOc1ccc(Cl)cc1OC1(C)CNC1. The molecular weight excluding hydrogens is 226 g/mol. The third kappa shape index (κ3) is 2.42. The van der Waals surface area contributed by atoms with E-state index >= 15 is 0 Å². The Balaban J connectivity index is 2.19. The van der Waals surface area contributed by atoms with Crippen LogP contribution in [0.15, 0.2) is 18.2 Å². The lowest BCUT2D eigenvalue weighted by atomic mass is 10.00. The van der Waals surface area contributed by atoms with E-state index in [1.807, 2.05) is 13.0 Å². The van der Waals surface area contributed by atoms with Crippen molar-refractivity contribution < 1.29 is 9.47 Å². The van der Waals surface area contributed by atoms with Crippen molar-refractivity contribution in [3.63, 3.8) is 0 Å². The molecule has 88 valence electrons. The van der Waals surface area contributed by atoms with Crippen LogP contribution in [0, 0.1) is 0 Å². The molecule has 1 aliphatic rings. The summed E-state index contributed by atoms with van der Waals surface area (Å²) in [4.78, 5) is 0. The summed E-state index contributed by atoms with van der Waals surface area (Å²) in [6.45, 7) is 6.34. The summed E-state index contributed by atoms with van der Waals surface area (Å²) in [6, 6.07) is 5.45. The van der Waals surface area contributed by atoms with Crippen molar-refractivity contribution in [1.82, 2.24) is 5.32 Å². The molecule has 0 aliphatic carbocycles. The van der Waals surface area contributed by atoms with Gasteiger partial charge in [0.2, 0.25) is 0 Å². The lowest BCUT2D eigenvalue weighted by Crippen LogP contribution is -2.61. The average Bonchev–Trinajstić information content (AvgIpc) is 2.20. The Kier molecular flexibility index (Phi) is 3.26. The molecule has 0 aromatic heterocycles. The maximum absolute atomic E-state index is 5.96. The molecule has 0 radical (unpaired) electrons. The van der Waals surface area contributed by atoms with Gasteiger partial charge in [-0.25, -0.2) is 0 Å². The number of hydrogen-bond donors (Lipinski definition) is 1. The molecule has 1 aromatic rings. The Bertz CT molecular complexity index is 377. The molecule has 3 nitrogen and oxygen atoms in total. The van der Waals surface area contributed by atoms with E-state index in [0.29, 0.717) is 11.6 Å². The van der Waals surface area contributed by atoms with Gasteiger partial charge < -0.3 is 14.8 Å². The van der Waals surface area contributed by atoms with Crippen LogP contribution in [0.3, 0.4) is 0 Å². The minimum absolute atomic E-state index is 0.142. The van der Waals surface area contributed by atoms with Crippen molar-refractivity contribution in [3.05, 3.63) is 23.2 Å². The van der Waals surface area contributed by atoms with E-state index in [1.165, 1.54) is 0 Å². The highest BCUT2D eigenvalue weighted by Gasteiger charge is 2.34. The zero-order chi connectivity index (χ0) is 11.6. The smallest absolute Gasteiger partial charge is 0.163 e. The van der Waals surface area contributed by atoms with Gasteiger partial charge in [0.05, 0.1) is 6.61 Å². The van der Waals surface area contributed by atoms with Crippen molar-refractivity contribution in [2.45, 2.75) is 19.4 Å². The van der Waals surface area contributed by atoms with E-state index in [1.54, 1.807) is 12.1 Å². The summed E-state index contributed by atoms with van der Waals surface area (Å²) < 4.78 is 11.4. The fraction of sp³-hybridized carbons (Fsp3) is 0.500. The number of hydrogen-bond acceptors (Lipinski definition) is 3. The Morgan fingerprint density at radius 1 is 1.38 bits per heavy atom. The monoisotopic (exact) mass is 241 g/mol. The quantitative estimate of drug-likeness (QED) is 0.879. The molecule has 1 N–H and O–H groups in total. The molecule has 4 heteroatoms. The Labute approximate surface area is 101 Å². The van der Waals surface area contributed by atoms with Crippen molar-refractivity contribution in [2.24, 2.45) is 0 Å². The fourth-order valence-electron chi connectivity index (χ4n) is 1.65. The molecule has 0 bridgehead atoms. The van der Waals surface area contributed by atoms with Gasteiger partial charge in [-0.3, -0.25) is 0 Å². The van der Waals surface area contributed by atoms with Gasteiger partial charge in [-0.15, -0.1) is 0 Å². The number of nitrogens with one attached hydrogen (secondary N) is 1. The average molecular weight is 242 g/mol. The zero-order valence-corrected chi connectivity index (χ0v) is 10.3. The van der Waals surface area contributed by atoms with Gasteiger partial charge in [0.25, 0.3) is 0 Å². The molecule has 0 saturated carbocycles. The van der Waals surface area contributed by atoms with Crippen LogP contribution in [0.5, 0.6) is 11.5 Å². The Morgan fingerprint density at radius 3 is 2.69 bits per heavy atom. The molecule has 1 saturated heterocycles. The fourth-order valence-corrected chi connectivity index (χ4v) is 1.81. The van der Waals surface area contributed by atoms with Crippen LogP contribution >= 0.6 is 11.6 Å². The van der Waals surface area contributed by atoms with E-state index in [0.717, 1.165) is 24.6 Å². The summed E-state index contributed by atoms with van der Waals surface area (Å²) in [5, 5.41) is 3.85. The minimum atomic E-state index is -0.142. The summed E-state index contributed by atoms with van der Waals surface area (Å²) in [5.74, 6) is 1.47. The normalized spacial score (nSPS) is 17.7. The maximum Gasteiger partial charge on any atom is 0.163 e. The first-order chi connectivity index (χ1) is 7.63. The number of halogens is 1. The van der Waals surface area contributed by atoms with Gasteiger partial charge in [-0.2, -0.15) is 0 Å². The molecule has 0 unspecified atom stereocenters. The second-order valence-corrected chi connectivity index (χ2v) is 4.62. The Hall–Kier alpha value is -0.930. The maximum atomic E-state index is 5.96. The highest BCUT2D eigenvalue weighted by atomic mass is 35.5. The molecule has 1 aliphatic heterocycles. The van der Waals surface area contributed by atoms with E-state index in [9.17, 15) is 0 Å². The van der Waals surface area contributed by atoms with Crippen LogP contribution in [0.4, 0.5) is 0 Å². The first kappa shape index (κ1) is 11.6.